The highest BCUT2D eigenvalue weighted by Gasteiger charge is 2.22. The van der Waals surface area contributed by atoms with Crippen molar-refractivity contribution in [2.75, 3.05) is 7.11 Å². The first-order valence-electron chi connectivity index (χ1n) is 9.95. The molecule has 0 bridgehead atoms. The Morgan fingerprint density at radius 3 is 2.39 bits per heavy atom. The largest absolute Gasteiger partial charge is 0.464 e. The van der Waals surface area contributed by atoms with E-state index in [1.165, 1.54) is 19.2 Å². The fraction of sp³-hybridized carbons (Fsp3) is 0.0800. The van der Waals surface area contributed by atoms with Crippen LogP contribution in [0.3, 0.4) is 0 Å². The number of aromatic amines is 1. The molecule has 0 aliphatic rings. The monoisotopic (exact) mass is 464 g/mol. The van der Waals surface area contributed by atoms with E-state index >= 15 is 0 Å². The zero-order chi connectivity index (χ0) is 23.5. The van der Waals surface area contributed by atoms with Crippen LogP contribution < -0.4 is 10.7 Å². The molecule has 0 atom stereocenters. The number of nitrogens with one attached hydrogen (secondary N) is 2. The molecule has 8 heteroatoms. The second-order valence-corrected chi connectivity index (χ2v) is 7.61. The van der Waals surface area contributed by atoms with Gasteiger partial charge in [0.15, 0.2) is 5.43 Å². The minimum atomic E-state index is -0.765. The van der Waals surface area contributed by atoms with Crippen LogP contribution in [0.4, 0.5) is 4.39 Å². The summed E-state index contributed by atoms with van der Waals surface area (Å²) in [6, 6.07) is 17.4. The van der Waals surface area contributed by atoms with Crippen LogP contribution in [0.1, 0.15) is 26.4 Å². The fourth-order valence-electron chi connectivity index (χ4n) is 3.58. The molecular formula is C25H18ClFN2O4. The molecule has 33 heavy (non-hydrogen) atoms. The number of carbonyl (C=O) groups is 2. The van der Waals surface area contributed by atoms with Crippen molar-refractivity contribution in [1.82, 2.24) is 10.3 Å². The SMILES string of the molecule is COC(=O)c1[nH]c2c(-c3ccccc3)c(Cl)ccc2c(=O)c1CNC(=O)c1ccc(F)cc1. The summed E-state index contributed by atoms with van der Waals surface area (Å²) in [5, 5.41) is 3.31. The summed E-state index contributed by atoms with van der Waals surface area (Å²) >= 11 is 6.46. The van der Waals surface area contributed by atoms with Crippen LogP contribution in [0.25, 0.3) is 22.0 Å². The number of H-pyrrole nitrogens is 1. The molecule has 0 unspecified atom stereocenters. The number of amides is 1. The molecule has 0 saturated carbocycles. The zero-order valence-corrected chi connectivity index (χ0v) is 18.2. The lowest BCUT2D eigenvalue weighted by molar-refractivity contribution is 0.0592. The Hall–Kier alpha value is -3.97. The van der Waals surface area contributed by atoms with E-state index in [0.29, 0.717) is 21.5 Å². The summed E-state index contributed by atoms with van der Waals surface area (Å²) < 4.78 is 18.0. The number of methoxy groups -OCH3 is 1. The third-order valence-electron chi connectivity index (χ3n) is 5.21. The van der Waals surface area contributed by atoms with Crippen LogP contribution in [0, 0.1) is 5.82 Å². The standard InChI is InChI=1S/C25H18ClFN2O4/c1-33-25(32)22-18(13-28-24(31)15-7-9-16(27)10-8-15)23(30)17-11-12-19(26)20(21(17)29-22)14-5-3-2-4-6-14/h2-12H,13H2,1H3,(H,28,31)(H,29,30). The van der Waals surface area contributed by atoms with Crippen LogP contribution in [0.2, 0.25) is 5.02 Å². The molecule has 4 rings (SSSR count). The molecule has 1 heterocycles. The maximum atomic E-state index is 13.4. The number of aromatic nitrogens is 1. The highest BCUT2D eigenvalue weighted by Crippen LogP contribution is 2.33. The van der Waals surface area contributed by atoms with Gasteiger partial charge in [-0.2, -0.15) is 0 Å². The van der Waals surface area contributed by atoms with Crippen molar-refractivity contribution >= 4 is 34.4 Å². The first-order valence-corrected chi connectivity index (χ1v) is 10.3. The fourth-order valence-corrected chi connectivity index (χ4v) is 3.84. The topological polar surface area (TPSA) is 88.3 Å². The molecule has 166 valence electrons. The molecule has 0 spiro atoms. The predicted octanol–water partition coefficient (Wildman–Crippen LogP) is 4.70. The maximum absolute atomic E-state index is 13.4. The number of pyridine rings is 1. The molecule has 0 saturated heterocycles. The lowest BCUT2D eigenvalue weighted by atomic mass is 9.99. The lowest BCUT2D eigenvalue weighted by Gasteiger charge is -2.14. The molecule has 0 fully saturated rings. The van der Waals surface area contributed by atoms with E-state index in [1.807, 2.05) is 30.3 Å². The van der Waals surface area contributed by atoms with Crippen molar-refractivity contribution in [3.8, 4) is 11.1 Å². The van der Waals surface area contributed by atoms with Gasteiger partial charge < -0.3 is 15.0 Å². The van der Waals surface area contributed by atoms with E-state index < -0.39 is 23.1 Å². The van der Waals surface area contributed by atoms with E-state index in [1.54, 1.807) is 12.1 Å². The van der Waals surface area contributed by atoms with Crippen LogP contribution in [0.15, 0.2) is 71.5 Å². The van der Waals surface area contributed by atoms with Gasteiger partial charge in [0.1, 0.15) is 11.5 Å². The van der Waals surface area contributed by atoms with Gasteiger partial charge in [0.2, 0.25) is 0 Å². The summed E-state index contributed by atoms with van der Waals surface area (Å²) in [7, 11) is 1.20. The molecular weight excluding hydrogens is 447 g/mol. The third kappa shape index (κ3) is 4.36. The van der Waals surface area contributed by atoms with Gasteiger partial charge in [-0.1, -0.05) is 41.9 Å². The lowest BCUT2D eigenvalue weighted by Crippen LogP contribution is -2.29. The molecule has 1 aromatic heterocycles. The first kappa shape index (κ1) is 22.2. The molecule has 1 amide bonds. The van der Waals surface area contributed by atoms with Crippen LogP contribution in [-0.2, 0) is 11.3 Å². The van der Waals surface area contributed by atoms with Crippen LogP contribution >= 0.6 is 11.6 Å². The van der Waals surface area contributed by atoms with Crippen LogP contribution in [0.5, 0.6) is 0 Å². The van der Waals surface area contributed by atoms with E-state index in [2.05, 4.69) is 10.3 Å². The highest BCUT2D eigenvalue weighted by molar-refractivity contribution is 6.35. The van der Waals surface area contributed by atoms with E-state index in [-0.39, 0.29) is 23.4 Å². The number of fused-ring (bicyclic) bond motifs is 1. The average Bonchev–Trinajstić information content (AvgIpc) is 2.83. The summed E-state index contributed by atoms with van der Waals surface area (Å²) in [6.45, 7) is -0.241. The van der Waals surface area contributed by atoms with Crippen molar-refractivity contribution in [2.24, 2.45) is 0 Å². The number of hydrogen-bond donors (Lipinski definition) is 2. The highest BCUT2D eigenvalue weighted by atomic mass is 35.5. The number of carbonyl (C=O) groups excluding carboxylic acids is 2. The van der Waals surface area contributed by atoms with E-state index in [4.69, 9.17) is 16.3 Å². The third-order valence-corrected chi connectivity index (χ3v) is 5.52. The van der Waals surface area contributed by atoms with E-state index in [0.717, 1.165) is 17.7 Å². The number of hydrogen-bond acceptors (Lipinski definition) is 4. The molecule has 3 aromatic carbocycles. The first-order chi connectivity index (χ1) is 15.9. The summed E-state index contributed by atoms with van der Waals surface area (Å²) in [4.78, 5) is 41.4. The summed E-state index contributed by atoms with van der Waals surface area (Å²) in [5.74, 6) is -1.76. The van der Waals surface area contributed by atoms with E-state index in [9.17, 15) is 18.8 Å². The molecule has 0 aliphatic heterocycles. The van der Waals surface area contributed by atoms with Gasteiger partial charge in [0.25, 0.3) is 5.91 Å². The Bertz CT molecular complexity index is 1420. The molecule has 0 radical (unpaired) electrons. The number of halogens is 2. The zero-order valence-electron chi connectivity index (χ0n) is 17.4. The minimum Gasteiger partial charge on any atom is -0.464 e. The predicted molar refractivity (Wildman–Crippen MR) is 124 cm³/mol. The van der Waals surface area contributed by atoms with Crippen molar-refractivity contribution in [1.29, 1.82) is 0 Å². The smallest absolute Gasteiger partial charge is 0.354 e. The van der Waals surface area contributed by atoms with Crippen molar-refractivity contribution in [3.63, 3.8) is 0 Å². The normalized spacial score (nSPS) is 10.8. The van der Waals surface area contributed by atoms with Crippen molar-refractivity contribution < 1.29 is 18.7 Å². The average molecular weight is 465 g/mol. The van der Waals surface area contributed by atoms with Gasteiger partial charge >= 0.3 is 5.97 Å². The van der Waals surface area contributed by atoms with Crippen molar-refractivity contribution in [3.05, 3.63) is 105 Å². The minimum absolute atomic E-state index is 0.0335. The van der Waals surface area contributed by atoms with Gasteiger partial charge in [-0.05, 0) is 42.0 Å². The maximum Gasteiger partial charge on any atom is 0.354 e. The van der Waals surface area contributed by atoms with Gasteiger partial charge in [0, 0.05) is 23.1 Å². The Labute approximate surface area is 193 Å². The van der Waals surface area contributed by atoms with Gasteiger partial charge in [-0.15, -0.1) is 0 Å². The number of esters is 1. The second kappa shape index (κ2) is 9.26. The molecule has 0 aliphatic carbocycles. The number of benzene rings is 3. The Morgan fingerprint density at radius 1 is 1.03 bits per heavy atom. The Morgan fingerprint density at radius 2 is 1.73 bits per heavy atom. The Kier molecular flexibility index (Phi) is 6.24. The Balaban J connectivity index is 1.83. The van der Waals surface area contributed by atoms with Gasteiger partial charge in [0.05, 0.1) is 23.2 Å². The van der Waals surface area contributed by atoms with Crippen LogP contribution in [-0.4, -0.2) is 24.0 Å². The summed E-state index contributed by atoms with van der Waals surface area (Å²) in [6.07, 6.45) is 0. The van der Waals surface area contributed by atoms with Crippen molar-refractivity contribution in [2.45, 2.75) is 6.54 Å². The van der Waals surface area contributed by atoms with Gasteiger partial charge in [-0.25, -0.2) is 9.18 Å². The molecule has 4 aromatic rings. The quantitative estimate of drug-likeness (QED) is 0.419. The molecule has 6 nitrogen and oxygen atoms in total. The van der Waals surface area contributed by atoms with Gasteiger partial charge in [-0.3, -0.25) is 9.59 Å². The summed E-state index contributed by atoms with van der Waals surface area (Å²) in [5.41, 5.74) is 1.42. The number of rotatable bonds is 5. The second-order valence-electron chi connectivity index (χ2n) is 7.20. The molecule has 2 N–H and O–H groups in total. The number of ether oxygens (including phenoxy) is 1.